The highest BCUT2D eigenvalue weighted by Gasteiger charge is 2.26. The smallest absolute Gasteiger partial charge is 0.224 e. The molecule has 7 nitrogen and oxygen atoms in total. The highest BCUT2D eigenvalue weighted by Crippen LogP contribution is 2.20. The molecule has 2 saturated heterocycles. The maximum Gasteiger partial charge on any atom is 0.224 e. The van der Waals surface area contributed by atoms with Gasteiger partial charge in [0.2, 0.25) is 11.8 Å². The minimum atomic E-state index is -0.00539. The normalized spacial score (nSPS) is 21.2. The van der Waals surface area contributed by atoms with Crippen LogP contribution in [0.5, 0.6) is 0 Å². The number of aromatic nitrogens is 2. The van der Waals surface area contributed by atoms with Gasteiger partial charge in [-0.1, -0.05) is 0 Å². The fourth-order valence-corrected chi connectivity index (χ4v) is 3.42. The van der Waals surface area contributed by atoms with Crippen LogP contribution >= 0.6 is 0 Å². The van der Waals surface area contributed by atoms with Gasteiger partial charge in [-0.05, 0) is 25.7 Å². The Morgan fingerprint density at radius 3 is 2.96 bits per heavy atom. The molecule has 2 aliphatic heterocycles. The molecular weight excluding hydrogens is 306 g/mol. The predicted molar refractivity (Wildman–Crippen MR) is 90.4 cm³/mol. The van der Waals surface area contributed by atoms with Gasteiger partial charge in [0.1, 0.15) is 5.82 Å². The number of nitrogens with one attached hydrogen (secondary N) is 1. The van der Waals surface area contributed by atoms with Crippen LogP contribution in [0.1, 0.15) is 32.1 Å². The van der Waals surface area contributed by atoms with Crippen molar-refractivity contribution in [2.45, 2.75) is 32.1 Å². The van der Waals surface area contributed by atoms with Crippen molar-refractivity contribution in [2.24, 2.45) is 5.92 Å². The van der Waals surface area contributed by atoms with E-state index in [1.165, 1.54) is 0 Å². The summed E-state index contributed by atoms with van der Waals surface area (Å²) < 4.78 is 0. The summed E-state index contributed by atoms with van der Waals surface area (Å²) in [7, 11) is 0. The molecule has 3 rings (SSSR count). The lowest BCUT2D eigenvalue weighted by atomic mass is 9.97. The first-order chi connectivity index (χ1) is 11.7. The zero-order chi connectivity index (χ0) is 16.8. The number of anilines is 1. The van der Waals surface area contributed by atoms with Gasteiger partial charge in [0, 0.05) is 51.5 Å². The van der Waals surface area contributed by atoms with Crippen LogP contribution in [0.2, 0.25) is 0 Å². The molecule has 0 spiro atoms. The van der Waals surface area contributed by atoms with Gasteiger partial charge in [0.15, 0.2) is 0 Å². The number of hydrogen-bond acceptors (Lipinski definition) is 5. The third-order valence-corrected chi connectivity index (χ3v) is 4.74. The van der Waals surface area contributed by atoms with E-state index < -0.39 is 0 Å². The van der Waals surface area contributed by atoms with Crippen molar-refractivity contribution in [3.05, 3.63) is 18.6 Å². The Balaban J connectivity index is 1.40. The van der Waals surface area contributed by atoms with Crippen LogP contribution in [0.3, 0.4) is 0 Å². The van der Waals surface area contributed by atoms with Crippen LogP contribution in [0.25, 0.3) is 0 Å². The van der Waals surface area contributed by atoms with Crippen LogP contribution < -0.4 is 10.2 Å². The zero-order valence-corrected chi connectivity index (χ0v) is 14.0. The van der Waals surface area contributed by atoms with Crippen molar-refractivity contribution < 1.29 is 9.59 Å². The van der Waals surface area contributed by atoms with Crippen LogP contribution in [-0.4, -0.2) is 59.4 Å². The minimum absolute atomic E-state index is 0.00539. The van der Waals surface area contributed by atoms with E-state index in [1.807, 2.05) is 4.90 Å². The van der Waals surface area contributed by atoms with Crippen molar-refractivity contribution in [3.8, 4) is 0 Å². The summed E-state index contributed by atoms with van der Waals surface area (Å²) in [4.78, 5) is 36.4. The van der Waals surface area contributed by atoms with E-state index in [-0.39, 0.29) is 17.7 Å². The molecule has 0 saturated carbocycles. The lowest BCUT2D eigenvalue weighted by Gasteiger charge is -2.32. The predicted octanol–water partition coefficient (Wildman–Crippen LogP) is 0.822. The van der Waals surface area contributed by atoms with Gasteiger partial charge in [0.25, 0.3) is 0 Å². The molecule has 7 heteroatoms. The number of nitrogens with zero attached hydrogens (tertiary/aromatic N) is 4. The summed E-state index contributed by atoms with van der Waals surface area (Å²) >= 11 is 0. The van der Waals surface area contributed by atoms with Gasteiger partial charge in [-0.3, -0.25) is 14.6 Å². The minimum Gasteiger partial charge on any atom is -0.356 e. The molecule has 1 aromatic heterocycles. The molecule has 0 bridgehead atoms. The third-order valence-electron chi connectivity index (χ3n) is 4.74. The van der Waals surface area contributed by atoms with Crippen molar-refractivity contribution in [3.63, 3.8) is 0 Å². The summed E-state index contributed by atoms with van der Waals surface area (Å²) in [6.45, 7) is 3.84. The molecule has 0 aliphatic carbocycles. The van der Waals surface area contributed by atoms with Crippen LogP contribution in [0.15, 0.2) is 18.6 Å². The van der Waals surface area contributed by atoms with E-state index in [4.69, 9.17) is 0 Å². The number of piperidine rings is 1. The van der Waals surface area contributed by atoms with E-state index >= 15 is 0 Å². The molecule has 2 amide bonds. The first-order valence-electron chi connectivity index (χ1n) is 8.80. The van der Waals surface area contributed by atoms with Gasteiger partial charge in [-0.25, -0.2) is 4.98 Å². The Labute approximate surface area is 142 Å². The molecule has 130 valence electrons. The molecule has 0 aromatic carbocycles. The van der Waals surface area contributed by atoms with Crippen molar-refractivity contribution >= 4 is 17.6 Å². The molecule has 2 aliphatic rings. The standard InChI is InChI=1S/C17H25N5O2/c23-16-5-2-9-21(16)11-3-6-20-17(24)14-4-1-10-22(13-14)15-12-18-7-8-19-15/h7-8,12,14H,1-6,9-11,13H2,(H,20,24)/t14-/m1/s1. The van der Waals surface area contributed by atoms with E-state index in [0.717, 1.165) is 51.1 Å². The van der Waals surface area contributed by atoms with Crippen molar-refractivity contribution in [2.75, 3.05) is 37.6 Å². The first kappa shape index (κ1) is 16.7. The van der Waals surface area contributed by atoms with Gasteiger partial charge < -0.3 is 15.1 Å². The van der Waals surface area contributed by atoms with E-state index in [1.54, 1.807) is 18.6 Å². The second-order valence-electron chi connectivity index (χ2n) is 6.48. The third kappa shape index (κ3) is 4.21. The fourth-order valence-electron chi connectivity index (χ4n) is 3.42. The van der Waals surface area contributed by atoms with Gasteiger partial charge in [0.05, 0.1) is 12.1 Å². The maximum atomic E-state index is 12.4. The average molecular weight is 331 g/mol. The SMILES string of the molecule is O=C(NCCCN1CCCC1=O)[C@@H]1CCCN(c2cnccn2)C1. The highest BCUT2D eigenvalue weighted by molar-refractivity contribution is 5.79. The number of amides is 2. The Morgan fingerprint density at radius 2 is 2.21 bits per heavy atom. The molecule has 1 aromatic rings. The van der Waals surface area contributed by atoms with E-state index in [2.05, 4.69) is 20.2 Å². The van der Waals surface area contributed by atoms with Gasteiger partial charge in [-0.2, -0.15) is 0 Å². The monoisotopic (exact) mass is 331 g/mol. The Bertz CT molecular complexity index is 565. The number of carbonyl (C=O) groups excluding carboxylic acids is 2. The number of likely N-dealkylation sites (tertiary alicyclic amines) is 1. The lowest BCUT2D eigenvalue weighted by molar-refractivity contribution is -0.127. The summed E-state index contributed by atoms with van der Waals surface area (Å²) in [5.41, 5.74) is 0. The number of hydrogen-bond donors (Lipinski definition) is 1. The highest BCUT2D eigenvalue weighted by atomic mass is 16.2. The topological polar surface area (TPSA) is 78.4 Å². The molecular formula is C17H25N5O2. The Hall–Kier alpha value is -2.18. The van der Waals surface area contributed by atoms with Crippen LogP contribution in [0, 0.1) is 5.92 Å². The lowest BCUT2D eigenvalue weighted by Crippen LogP contribution is -2.44. The molecule has 1 N–H and O–H groups in total. The van der Waals surface area contributed by atoms with E-state index in [9.17, 15) is 9.59 Å². The number of carbonyl (C=O) groups is 2. The summed E-state index contributed by atoms with van der Waals surface area (Å²) in [6.07, 6.45) is 9.43. The maximum absolute atomic E-state index is 12.4. The summed E-state index contributed by atoms with van der Waals surface area (Å²) in [5.74, 6) is 1.18. The molecule has 1 atom stereocenters. The molecule has 0 unspecified atom stereocenters. The second-order valence-corrected chi connectivity index (χ2v) is 6.48. The quantitative estimate of drug-likeness (QED) is 0.781. The largest absolute Gasteiger partial charge is 0.356 e. The molecule has 3 heterocycles. The Morgan fingerprint density at radius 1 is 1.29 bits per heavy atom. The molecule has 2 fully saturated rings. The van der Waals surface area contributed by atoms with Crippen LogP contribution in [0.4, 0.5) is 5.82 Å². The molecule has 24 heavy (non-hydrogen) atoms. The second kappa shape index (κ2) is 8.08. The zero-order valence-electron chi connectivity index (χ0n) is 14.0. The van der Waals surface area contributed by atoms with Crippen LogP contribution in [-0.2, 0) is 9.59 Å². The summed E-state index contributed by atoms with van der Waals surface area (Å²) in [6, 6.07) is 0. The van der Waals surface area contributed by atoms with E-state index in [0.29, 0.717) is 19.5 Å². The average Bonchev–Trinajstić information content (AvgIpc) is 3.04. The fraction of sp³-hybridized carbons (Fsp3) is 0.647. The summed E-state index contributed by atoms with van der Waals surface area (Å²) in [5, 5.41) is 3.02. The molecule has 0 radical (unpaired) electrons. The first-order valence-corrected chi connectivity index (χ1v) is 8.80. The van der Waals surface area contributed by atoms with Gasteiger partial charge in [-0.15, -0.1) is 0 Å². The Kier molecular flexibility index (Phi) is 5.61. The van der Waals surface area contributed by atoms with Crippen molar-refractivity contribution in [1.29, 1.82) is 0 Å². The number of rotatable bonds is 6. The van der Waals surface area contributed by atoms with Crippen molar-refractivity contribution in [1.82, 2.24) is 20.2 Å². The van der Waals surface area contributed by atoms with Gasteiger partial charge >= 0.3 is 0 Å².